The van der Waals surface area contributed by atoms with Crippen LogP contribution in [-0.4, -0.2) is 34.7 Å². The number of ether oxygens (including phenoxy) is 1. The Morgan fingerprint density at radius 3 is 2.06 bits per heavy atom. The molecule has 2 atom stereocenters. The lowest BCUT2D eigenvalue weighted by Crippen LogP contribution is -2.50. The molecule has 0 bridgehead atoms. The summed E-state index contributed by atoms with van der Waals surface area (Å²) in [6.45, 7) is 0.178. The van der Waals surface area contributed by atoms with Crippen LogP contribution in [0.4, 0.5) is 4.79 Å². The number of piperidine rings is 1. The summed E-state index contributed by atoms with van der Waals surface area (Å²) in [6.07, 6.45) is 1.35. The van der Waals surface area contributed by atoms with Crippen molar-refractivity contribution in [3.8, 4) is 11.1 Å². The minimum Gasteiger partial charge on any atom is -0.480 e. The number of nitrogens with zero attached hydrogens (tertiary/aromatic N) is 1. The molecule has 1 aliphatic heterocycles. The molecular formula is C27H25NO4. The van der Waals surface area contributed by atoms with Gasteiger partial charge in [-0.1, -0.05) is 78.9 Å². The van der Waals surface area contributed by atoms with Crippen LogP contribution in [0.1, 0.15) is 47.9 Å². The largest absolute Gasteiger partial charge is 0.480 e. The maximum atomic E-state index is 13.3. The van der Waals surface area contributed by atoms with E-state index in [2.05, 4.69) is 24.3 Å². The minimum absolute atomic E-state index is 0.0606. The van der Waals surface area contributed by atoms with Crippen LogP contribution in [0.2, 0.25) is 0 Å². The highest BCUT2D eigenvalue weighted by atomic mass is 16.6. The molecule has 3 aromatic carbocycles. The van der Waals surface area contributed by atoms with E-state index < -0.39 is 18.1 Å². The molecule has 3 aromatic rings. The van der Waals surface area contributed by atoms with Gasteiger partial charge in [-0.15, -0.1) is 0 Å². The summed E-state index contributed by atoms with van der Waals surface area (Å²) in [5, 5.41) is 9.81. The third kappa shape index (κ3) is 3.54. The predicted octanol–water partition coefficient (Wildman–Crippen LogP) is 5.62. The van der Waals surface area contributed by atoms with Crippen LogP contribution < -0.4 is 0 Å². The second kappa shape index (κ2) is 8.50. The predicted molar refractivity (Wildman–Crippen MR) is 121 cm³/mol. The molecule has 32 heavy (non-hydrogen) atoms. The van der Waals surface area contributed by atoms with Crippen LogP contribution in [-0.2, 0) is 9.53 Å². The molecule has 0 spiro atoms. The van der Waals surface area contributed by atoms with E-state index in [-0.39, 0.29) is 18.6 Å². The van der Waals surface area contributed by atoms with E-state index in [0.29, 0.717) is 6.42 Å². The summed E-state index contributed by atoms with van der Waals surface area (Å²) >= 11 is 0. The maximum Gasteiger partial charge on any atom is 0.411 e. The molecule has 5 rings (SSSR count). The monoisotopic (exact) mass is 427 g/mol. The molecule has 0 radical (unpaired) electrons. The smallest absolute Gasteiger partial charge is 0.411 e. The number of likely N-dealkylation sites (tertiary alicyclic amines) is 1. The summed E-state index contributed by atoms with van der Waals surface area (Å²) in [5.41, 5.74) is 5.52. The third-order valence-corrected chi connectivity index (χ3v) is 6.64. The number of carbonyl (C=O) groups is 2. The van der Waals surface area contributed by atoms with Gasteiger partial charge in [0, 0.05) is 5.92 Å². The number of carboxylic acid groups (broad SMARTS) is 1. The highest BCUT2D eigenvalue weighted by Crippen LogP contribution is 2.45. The molecule has 1 fully saturated rings. The summed E-state index contributed by atoms with van der Waals surface area (Å²) in [5.74, 6) is -1.05. The quantitative estimate of drug-likeness (QED) is 0.587. The highest BCUT2D eigenvalue weighted by molar-refractivity contribution is 5.81. The van der Waals surface area contributed by atoms with Crippen molar-refractivity contribution < 1.29 is 19.4 Å². The number of hydrogen-bond acceptors (Lipinski definition) is 3. The number of carboxylic acids is 1. The van der Waals surface area contributed by atoms with Gasteiger partial charge in [0.05, 0.1) is 6.04 Å². The molecule has 1 heterocycles. The Kier molecular flexibility index (Phi) is 5.39. The zero-order valence-corrected chi connectivity index (χ0v) is 17.7. The maximum absolute atomic E-state index is 13.3. The zero-order valence-electron chi connectivity index (χ0n) is 17.7. The van der Waals surface area contributed by atoms with Gasteiger partial charge in [-0.3, -0.25) is 4.90 Å². The Bertz CT molecular complexity index is 1100. The first-order valence-corrected chi connectivity index (χ1v) is 11.1. The van der Waals surface area contributed by atoms with Gasteiger partial charge in [0.1, 0.15) is 12.6 Å². The average Bonchev–Trinajstić information content (AvgIpc) is 3.16. The van der Waals surface area contributed by atoms with Crippen LogP contribution in [0.15, 0.2) is 78.9 Å². The Morgan fingerprint density at radius 1 is 0.844 bits per heavy atom. The van der Waals surface area contributed by atoms with Crippen molar-refractivity contribution in [2.75, 3.05) is 6.61 Å². The first-order valence-electron chi connectivity index (χ1n) is 11.1. The van der Waals surface area contributed by atoms with Gasteiger partial charge in [-0.2, -0.15) is 0 Å². The third-order valence-electron chi connectivity index (χ3n) is 6.64. The van der Waals surface area contributed by atoms with Gasteiger partial charge in [0.25, 0.3) is 0 Å². The zero-order chi connectivity index (χ0) is 22.1. The van der Waals surface area contributed by atoms with Gasteiger partial charge in [-0.25, -0.2) is 9.59 Å². The molecule has 1 aliphatic carbocycles. The van der Waals surface area contributed by atoms with Crippen LogP contribution >= 0.6 is 0 Å². The van der Waals surface area contributed by atoms with E-state index in [9.17, 15) is 14.7 Å². The van der Waals surface area contributed by atoms with Gasteiger partial charge in [0.15, 0.2) is 0 Å². The first-order chi connectivity index (χ1) is 15.6. The number of amides is 1. The number of fused-ring (bicyclic) bond motifs is 3. The molecule has 0 saturated carbocycles. The average molecular weight is 428 g/mol. The van der Waals surface area contributed by atoms with Crippen LogP contribution in [0.5, 0.6) is 0 Å². The lowest BCUT2D eigenvalue weighted by molar-refractivity contribution is -0.145. The molecule has 1 amide bonds. The van der Waals surface area contributed by atoms with Gasteiger partial charge < -0.3 is 9.84 Å². The number of benzene rings is 3. The fourth-order valence-corrected chi connectivity index (χ4v) is 5.17. The van der Waals surface area contributed by atoms with Crippen LogP contribution in [0, 0.1) is 0 Å². The number of rotatable bonds is 4. The van der Waals surface area contributed by atoms with E-state index >= 15 is 0 Å². The molecule has 0 unspecified atom stereocenters. The van der Waals surface area contributed by atoms with Crippen LogP contribution in [0.3, 0.4) is 0 Å². The second-order valence-corrected chi connectivity index (χ2v) is 8.42. The minimum atomic E-state index is -0.987. The van der Waals surface area contributed by atoms with Gasteiger partial charge in [0.2, 0.25) is 0 Å². The number of aliphatic carboxylic acids is 1. The van der Waals surface area contributed by atoms with Gasteiger partial charge in [-0.05, 0) is 47.1 Å². The number of hydrogen-bond donors (Lipinski definition) is 1. The Hall–Kier alpha value is -3.60. The van der Waals surface area contributed by atoms with Crippen LogP contribution in [0.25, 0.3) is 11.1 Å². The summed E-state index contributed by atoms with van der Waals surface area (Å²) in [7, 11) is 0. The summed E-state index contributed by atoms with van der Waals surface area (Å²) < 4.78 is 5.83. The molecule has 5 heteroatoms. The van der Waals surface area contributed by atoms with E-state index in [1.54, 1.807) is 0 Å². The fourth-order valence-electron chi connectivity index (χ4n) is 5.17. The number of carbonyl (C=O) groups excluding carboxylic acids is 1. The summed E-state index contributed by atoms with van der Waals surface area (Å²) in [4.78, 5) is 26.7. The van der Waals surface area contributed by atoms with Crippen molar-refractivity contribution in [1.82, 2.24) is 4.90 Å². The molecule has 0 aromatic heterocycles. The summed E-state index contributed by atoms with van der Waals surface area (Å²) in [6, 6.07) is 24.8. The SMILES string of the molecule is O=C(O)[C@@H]1CCC[C@H](c2ccccc2)N1C(=O)OCC1c2ccccc2-c2ccccc21. The van der Waals surface area contributed by atoms with Crippen molar-refractivity contribution in [3.63, 3.8) is 0 Å². The second-order valence-electron chi connectivity index (χ2n) is 8.42. The highest BCUT2D eigenvalue weighted by Gasteiger charge is 2.40. The Labute approximate surface area is 187 Å². The standard InChI is InChI=1S/C27H25NO4/c29-26(30)25-16-8-15-24(18-9-2-1-3-10-18)28(25)27(31)32-17-23-21-13-6-4-11-19(21)20-12-5-7-14-22(20)23/h1-7,9-14,23-25H,8,15-17H2,(H,29,30)/t24-,25+/m1/s1. The molecule has 2 aliphatic rings. The van der Waals surface area contributed by atoms with E-state index in [4.69, 9.17) is 4.74 Å². The topological polar surface area (TPSA) is 66.8 Å². The van der Waals surface area contributed by atoms with E-state index in [1.807, 2.05) is 54.6 Å². The Balaban J connectivity index is 1.41. The normalized spacial score (nSPS) is 19.8. The van der Waals surface area contributed by atoms with Gasteiger partial charge >= 0.3 is 12.1 Å². The lowest BCUT2D eigenvalue weighted by atomic mass is 9.91. The molecule has 1 saturated heterocycles. The van der Waals surface area contributed by atoms with E-state index in [1.165, 1.54) is 4.90 Å². The Morgan fingerprint density at radius 2 is 1.44 bits per heavy atom. The van der Waals surface area contributed by atoms with Crippen molar-refractivity contribution in [2.45, 2.75) is 37.3 Å². The first kappa shape index (κ1) is 20.3. The van der Waals surface area contributed by atoms with Crippen molar-refractivity contribution in [2.24, 2.45) is 0 Å². The lowest BCUT2D eigenvalue weighted by Gasteiger charge is -2.39. The fraction of sp³-hybridized carbons (Fsp3) is 0.259. The van der Waals surface area contributed by atoms with Crippen molar-refractivity contribution in [3.05, 3.63) is 95.6 Å². The van der Waals surface area contributed by atoms with Crippen molar-refractivity contribution >= 4 is 12.1 Å². The molecule has 162 valence electrons. The van der Waals surface area contributed by atoms with E-state index in [0.717, 1.165) is 40.7 Å². The molecule has 5 nitrogen and oxygen atoms in total. The van der Waals surface area contributed by atoms with Crippen molar-refractivity contribution in [1.29, 1.82) is 0 Å². The molecular weight excluding hydrogens is 402 g/mol. The molecule has 1 N–H and O–H groups in total.